The minimum Gasteiger partial charge on any atom is -0.465 e. The number of hydrogen-bond acceptors (Lipinski definition) is 3. The molecule has 1 aromatic rings. The SMILES string of the molecule is CC(CCO)NC(=O)/C=C/c1ccco1. The van der Waals surface area contributed by atoms with Crippen molar-refractivity contribution in [3.05, 3.63) is 30.2 Å². The lowest BCUT2D eigenvalue weighted by atomic mass is 10.2. The van der Waals surface area contributed by atoms with Gasteiger partial charge < -0.3 is 14.8 Å². The van der Waals surface area contributed by atoms with Crippen molar-refractivity contribution < 1.29 is 14.3 Å². The van der Waals surface area contributed by atoms with Gasteiger partial charge in [0.15, 0.2) is 0 Å². The average molecular weight is 209 g/mol. The van der Waals surface area contributed by atoms with E-state index in [4.69, 9.17) is 9.52 Å². The lowest BCUT2D eigenvalue weighted by Crippen LogP contribution is -2.31. The fourth-order valence-electron chi connectivity index (χ4n) is 1.10. The quantitative estimate of drug-likeness (QED) is 0.716. The molecule has 1 amide bonds. The molecule has 1 atom stereocenters. The number of carbonyl (C=O) groups excluding carboxylic acids is 1. The van der Waals surface area contributed by atoms with Gasteiger partial charge in [-0.05, 0) is 31.6 Å². The van der Waals surface area contributed by atoms with Crippen molar-refractivity contribution in [2.24, 2.45) is 0 Å². The summed E-state index contributed by atoms with van der Waals surface area (Å²) in [6.45, 7) is 1.91. The minimum absolute atomic E-state index is 0.0243. The van der Waals surface area contributed by atoms with Crippen LogP contribution < -0.4 is 5.32 Å². The van der Waals surface area contributed by atoms with Crippen LogP contribution in [0, 0.1) is 0 Å². The summed E-state index contributed by atoms with van der Waals surface area (Å²) in [5.74, 6) is 0.451. The van der Waals surface area contributed by atoms with Gasteiger partial charge in [0.25, 0.3) is 0 Å². The Morgan fingerprint density at radius 1 is 1.73 bits per heavy atom. The van der Waals surface area contributed by atoms with E-state index in [0.717, 1.165) is 0 Å². The number of carbonyl (C=O) groups is 1. The Bertz CT molecular complexity index is 317. The van der Waals surface area contributed by atoms with E-state index in [1.165, 1.54) is 6.08 Å². The molecule has 0 aliphatic heterocycles. The van der Waals surface area contributed by atoms with Crippen molar-refractivity contribution in [3.63, 3.8) is 0 Å². The molecule has 0 bridgehead atoms. The summed E-state index contributed by atoms with van der Waals surface area (Å²) in [6.07, 6.45) is 5.11. The maximum absolute atomic E-state index is 11.3. The molecule has 0 aliphatic rings. The number of nitrogens with one attached hydrogen (secondary N) is 1. The second-order valence-electron chi connectivity index (χ2n) is 3.27. The van der Waals surface area contributed by atoms with Crippen LogP contribution in [0.15, 0.2) is 28.9 Å². The molecule has 4 heteroatoms. The van der Waals surface area contributed by atoms with Crippen molar-refractivity contribution >= 4 is 12.0 Å². The third-order valence-corrected chi connectivity index (χ3v) is 1.89. The van der Waals surface area contributed by atoms with Gasteiger partial charge in [-0.15, -0.1) is 0 Å². The van der Waals surface area contributed by atoms with Crippen molar-refractivity contribution in [2.75, 3.05) is 6.61 Å². The zero-order chi connectivity index (χ0) is 11.1. The van der Waals surface area contributed by atoms with Crippen LogP contribution >= 0.6 is 0 Å². The van der Waals surface area contributed by atoms with Crippen molar-refractivity contribution in [2.45, 2.75) is 19.4 Å². The second kappa shape index (κ2) is 6.03. The van der Waals surface area contributed by atoms with Gasteiger partial charge in [0.1, 0.15) is 5.76 Å². The van der Waals surface area contributed by atoms with E-state index in [2.05, 4.69) is 5.32 Å². The van der Waals surface area contributed by atoms with Crippen LogP contribution in [-0.2, 0) is 4.79 Å². The molecule has 1 aromatic heterocycles. The zero-order valence-electron chi connectivity index (χ0n) is 8.64. The highest BCUT2D eigenvalue weighted by molar-refractivity contribution is 5.91. The van der Waals surface area contributed by atoms with E-state index < -0.39 is 0 Å². The third kappa shape index (κ3) is 4.46. The average Bonchev–Trinajstić information content (AvgIpc) is 2.67. The summed E-state index contributed by atoms with van der Waals surface area (Å²) in [4.78, 5) is 11.3. The van der Waals surface area contributed by atoms with Gasteiger partial charge in [-0.25, -0.2) is 0 Å². The summed E-state index contributed by atoms with van der Waals surface area (Å²) in [5.41, 5.74) is 0. The van der Waals surface area contributed by atoms with Crippen LogP contribution in [-0.4, -0.2) is 23.7 Å². The van der Waals surface area contributed by atoms with Gasteiger partial charge in [-0.1, -0.05) is 0 Å². The molecule has 2 N–H and O–H groups in total. The molecule has 1 rings (SSSR count). The van der Waals surface area contributed by atoms with E-state index in [9.17, 15) is 4.79 Å². The number of hydrogen-bond donors (Lipinski definition) is 2. The van der Waals surface area contributed by atoms with Crippen molar-refractivity contribution in [1.82, 2.24) is 5.32 Å². The first-order valence-electron chi connectivity index (χ1n) is 4.85. The predicted octanol–water partition coefficient (Wildman–Crippen LogP) is 1.18. The number of amides is 1. The number of rotatable bonds is 5. The van der Waals surface area contributed by atoms with Gasteiger partial charge in [0.05, 0.1) is 6.26 Å². The number of aliphatic hydroxyl groups excluding tert-OH is 1. The first-order valence-corrected chi connectivity index (χ1v) is 4.85. The topological polar surface area (TPSA) is 62.5 Å². The Morgan fingerprint density at radius 3 is 3.13 bits per heavy atom. The molecule has 0 aromatic carbocycles. The van der Waals surface area contributed by atoms with E-state index in [0.29, 0.717) is 12.2 Å². The normalized spacial score (nSPS) is 12.9. The van der Waals surface area contributed by atoms with Crippen LogP contribution in [0.25, 0.3) is 6.08 Å². The Balaban J connectivity index is 2.36. The van der Waals surface area contributed by atoms with Crippen LogP contribution in [0.5, 0.6) is 0 Å². The lowest BCUT2D eigenvalue weighted by molar-refractivity contribution is -0.117. The summed E-state index contributed by atoms with van der Waals surface area (Å²) in [7, 11) is 0. The molecule has 82 valence electrons. The molecule has 0 fully saturated rings. The zero-order valence-corrected chi connectivity index (χ0v) is 8.64. The summed E-state index contributed by atoms with van der Waals surface area (Å²) in [6, 6.07) is 3.50. The van der Waals surface area contributed by atoms with Crippen molar-refractivity contribution in [1.29, 1.82) is 0 Å². The van der Waals surface area contributed by atoms with Crippen molar-refractivity contribution in [3.8, 4) is 0 Å². The first kappa shape index (κ1) is 11.5. The molecular weight excluding hydrogens is 194 g/mol. The highest BCUT2D eigenvalue weighted by Crippen LogP contribution is 2.01. The highest BCUT2D eigenvalue weighted by atomic mass is 16.3. The molecule has 0 saturated carbocycles. The van der Waals surface area contributed by atoms with Gasteiger partial charge in [-0.3, -0.25) is 4.79 Å². The van der Waals surface area contributed by atoms with Gasteiger partial charge in [0.2, 0.25) is 5.91 Å². The van der Waals surface area contributed by atoms with Crippen LogP contribution in [0.3, 0.4) is 0 Å². The van der Waals surface area contributed by atoms with Crippen LogP contribution in [0.1, 0.15) is 19.1 Å². The third-order valence-electron chi connectivity index (χ3n) is 1.89. The Hall–Kier alpha value is -1.55. The van der Waals surface area contributed by atoms with Crippen LogP contribution in [0.2, 0.25) is 0 Å². The monoisotopic (exact) mass is 209 g/mol. The van der Waals surface area contributed by atoms with E-state index in [1.54, 1.807) is 24.5 Å². The van der Waals surface area contributed by atoms with Gasteiger partial charge >= 0.3 is 0 Å². The number of aliphatic hydroxyl groups is 1. The highest BCUT2D eigenvalue weighted by Gasteiger charge is 2.03. The predicted molar refractivity (Wildman–Crippen MR) is 57.0 cm³/mol. The Kier molecular flexibility index (Phi) is 4.63. The van der Waals surface area contributed by atoms with E-state index in [-0.39, 0.29) is 18.6 Å². The number of furan rings is 1. The molecular formula is C11H15NO3. The second-order valence-corrected chi connectivity index (χ2v) is 3.27. The van der Waals surface area contributed by atoms with E-state index in [1.807, 2.05) is 6.92 Å². The fraction of sp³-hybridized carbons (Fsp3) is 0.364. The molecule has 4 nitrogen and oxygen atoms in total. The summed E-state index contributed by atoms with van der Waals surface area (Å²) in [5, 5.41) is 11.4. The molecule has 0 spiro atoms. The standard InChI is InChI=1S/C11H15NO3/c1-9(6-7-13)12-11(14)5-4-10-3-2-8-15-10/h2-5,8-9,13H,6-7H2,1H3,(H,12,14)/b5-4+. The molecule has 0 saturated heterocycles. The van der Waals surface area contributed by atoms with E-state index >= 15 is 0 Å². The molecule has 0 radical (unpaired) electrons. The van der Waals surface area contributed by atoms with Gasteiger partial charge in [-0.2, -0.15) is 0 Å². The molecule has 1 heterocycles. The lowest BCUT2D eigenvalue weighted by Gasteiger charge is -2.09. The van der Waals surface area contributed by atoms with Gasteiger partial charge in [0, 0.05) is 18.7 Å². The fourth-order valence-corrected chi connectivity index (χ4v) is 1.10. The first-order chi connectivity index (χ1) is 7.22. The summed E-state index contributed by atoms with van der Waals surface area (Å²) < 4.78 is 5.03. The summed E-state index contributed by atoms with van der Waals surface area (Å²) >= 11 is 0. The molecule has 0 aliphatic carbocycles. The van der Waals surface area contributed by atoms with Crippen LogP contribution in [0.4, 0.5) is 0 Å². The largest absolute Gasteiger partial charge is 0.465 e. The maximum atomic E-state index is 11.3. The molecule has 15 heavy (non-hydrogen) atoms. The minimum atomic E-state index is -0.188. The Labute approximate surface area is 88.6 Å². The molecule has 1 unspecified atom stereocenters. The Morgan fingerprint density at radius 2 is 2.53 bits per heavy atom. The smallest absolute Gasteiger partial charge is 0.244 e. The maximum Gasteiger partial charge on any atom is 0.244 e.